The Balaban J connectivity index is 0.000000200. The van der Waals surface area contributed by atoms with Gasteiger partial charge < -0.3 is 30.2 Å². The number of hydrogen-bond acceptors (Lipinski definition) is 14. The first-order valence-electron chi connectivity index (χ1n) is 25.1. The Bertz CT molecular complexity index is 1660. The van der Waals surface area contributed by atoms with E-state index in [-0.39, 0.29) is 0 Å². The van der Waals surface area contributed by atoms with E-state index in [1.165, 1.54) is 135 Å². The number of hydrogen-bond donors (Lipinski definition) is 6. The molecule has 372 valence electrons. The Kier molecular flexibility index (Phi) is 37.6. The van der Waals surface area contributed by atoms with Gasteiger partial charge in [-0.2, -0.15) is 0 Å². The maximum Gasteiger partial charge on any atom is 0.213 e. The Morgan fingerprint density at radius 1 is 0.544 bits per heavy atom. The molecule has 1 atom stereocenters. The first-order valence-corrected chi connectivity index (χ1v) is 26.0. The first kappa shape index (κ1) is 57.4. The zero-order chi connectivity index (χ0) is 47.6. The van der Waals surface area contributed by atoms with Crippen LogP contribution in [0.5, 0.6) is 0 Å². The molecule has 3 aromatic heterocycles. The van der Waals surface area contributed by atoms with Crippen molar-refractivity contribution in [2.24, 2.45) is 10.4 Å². The third kappa shape index (κ3) is 34.4. The van der Waals surface area contributed by atoms with Crippen LogP contribution in [-0.4, -0.2) is 91.8 Å². The molecule has 14 heteroatoms. The van der Waals surface area contributed by atoms with Crippen molar-refractivity contribution in [3.63, 3.8) is 0 Å². The molecule has 2 aromatic carbocycles. The highest BCUT2D eigenvalue weighted by molar-refractivity contribution is 7.07. The third-order valence-electron chi connectivity index (χ3n) is 11.0. The largest absolute Gasteiger partial charge is 0.443 e. The molecule has 3 aliphatic carbocycles. The van der Waals surface area contributed by atoms with E-state index in [1.54, 1.807) is 29.2 Å². The summed E-state index contributed by atoms with van der Waals surface area (Å²) in [4.78, 5) is 14.9. The van der Waals surface area contributed by atoms with Crippen molar-refractivity contribution in [1.82, 2.24) is 52.2 Å². The zero-order valence-corrected chi connectivity index (χ0v) is 41.6. The number of benzene rings is 2. The Morgan fingerprint density at radius 3 is 1.51 bits per heavy atom. The summed E-state index contributed by atoms with van der Waals surface area (Å²) < 4.78 is 9.23. The highest BCUT2D eigenvalue weighted by Crippen LogP contribution is 2.32. The predicted octanol–water partition coefficient (Wildman–Crippen LogP) is 10.7. The molecule has 0 amide bonds. The molecule has 5 fully saturated rings. The lowest BCUT2D eigenvalue weighted by molar-refractivity contribution is 0.236. The molecule has 1 spiro atoms. The van der Waals surface area contributed by atoms with Crippen molar-refractivity contribution in [3.05, 3.63) is 146 Å². The summed E-state index contributed by atoms with van der Waals surface area (Å²) in [6, 6.07) is 19.7. The summed E-state index contributed by atoms with van der Waals surface area (Å²) in [5.41, 5.74) is 10.1. The molecule has 1 unspecified atom stereocenters. The predicted molar refractivity (Wildman–Crippen MR) is 286 cm³/mol. The average Bonchev–Trinajstić information content (AvgIpc) is 4.29. The minimum atomic E-state index is 0.651. The molecule has 0 radical (unpaired) electrons. The lowest BCUT2D eigenvalue weighted by Gasteiger charge is -2.32. The molecule has 0 bridgehead atoms. The number of para-hydroxylation sites is 2. The van der Waals surface area contributed by atoms with Gasteiger partial charge in [-0.3, -0.25) is 20.8 Å². The van der Waals surface area contributed by atoms with E-state index < -0.39 is 0 Å². The number of aliphatic imine (C=N–C) groups is 1. The van der Waals surface area contributed by atoms with Gasteiger partial charge in [-0.25, -0.2) is 9.97 Å². The number of rotatable bonds is 0. The van der Waals surface area contributed by atoms with Crippen LogP contribution in [0.15, 0.2) is 160 Å². The van der Waals surface area contributed by atoms with E-state index in [0.29, 0.717) is 5.41 Å². The molecule has 5 aliphatic heterocycles. The molecule has 5 aromatic rings. The minimum Gasteiger partial charge on any atom is -0.443 e. The van der Waals surface area contributed by atoms with Gasteiger partial charge in [0.15, 0.2) is 18.3 Å². The maximum absolute atomic E-state index is 5.01. The SMILES string of the molecule is C1=CCC=C1.C1=CCCCC1.C1=CN=CC1.C1CCCCC1.C1CNCC2(C1)CCNC2.C1CNCCN1.C1CNNC1.c1ccc2ocnc2c1.c1ccccc1.c1cscn1.c1ncon1. The molecule has 68 heavy (non-hydrogen) atoms. The molecule has 13 rings (SSSR count). The van der Waals surface area contributed by atoms with Gasteiger partial charge in [-0.1, -0.05) is 135 Å². The number of allylic oxidation sites excluding steroid dienone is 7. The van der Waals surface area contributed by atoms with Crippen LogP contribution in [0.4, 0.5) is 0 Å². The topological polar surface area (TPSA) is 162 Å². The Morgan fingerprint density at radius 2 is 1.19 bits per heavy atom. The number of oxazole rings is 1. The summed E-state index contributed by atoms with van der Waals surface area (Å²) >= 11 is 1.60. The number of fused-ring (bicyclic) bond motifs is 1. The molecule has 13 nitrogen and oxygen atoms in total. The highest BCUT2D eigenvalue weighted by atomic mass is 32.1. The van der Waals surface area contributed by atoms with E-state index in [9.17, 15) is 0 Å². The van der Waals surface area contributed by atoms with E-state index in [1.807, 2.05) is 78.3 Å². The normalized spacial score (nSPS) is 19.7. The van der Waals surface area contributed by atoms with Crippen molar-refractivity contribution >= 4 is 28.7 Å². The van der Waals surface area contributed by atoms with Crippen LogP contribution in [-0.2, 0) is 0 Å². The fourth-order valence-electron chi connectivity index (χ4n) is 7.25. The fraction of sp³-hybridized carbons (Fsp3) is 0.500. The van der Waals surface area contributed by atoms with Gasteiger partial charge in [0.2, 0.25) is 6.39 Å². The van der Waals surface area contributed by atoms with Crippen molar-refractivity contribution < 1.29 is 8.94 Å². The summed E-state index contributed by atoms with van der Waals surface area (Å²) in [7, 11) is 0. The summed E-state index contributed by atoms with van der Waals surface area (Å²) in [5.74, 6) is 0. The van der Waals surface area contributed by atoms with E-state index in [4.69, 9.17) is 4.42 Å². The van der Waals surface area contributed by atoms with Crippen molar-refractivity contribution in [2.75, 3.05) is 65.4 Å². The van der Waals surface area contributed by atoms with Gasteiger partial charge in [0, 0.05) is 82.8 Å². The van der Waals surface area contributed by atoms with Crippen LogP contribution >= 0.6 is 11.3 Å². The second-order valence-electron chi connectivity index (χ2n) is 16.6. The standard InChI is InChI=1S/C8H16N2.C7H5NO.C6H12.C6H10.C6H6.C5H6.C4H10N2.C4H5N.C3H8N2.C3H3NS.C2H2N2O/c1-2-8(6-9-4-1)3-5-10-7-8;1-2-4-7-6(3-1)8-5-9-7;3*1-2-4-6-5-3-1;1-2-4-5-3-1;1-2-6-4-3-5-1;2*1-2-4-5-3-1;1-2-5-3-4-1;1-3-2-5-4-1/h9-10H,1-7H2;1-5H;1-6H2;1-2H,3-6H2;1-6H;1-4H,5H2;5-6H,1-4H2;1,3-4H,2H2;4-5H,1-3H2;1-3H;1-2H. The van der Waals surface area contributed by atoms with E-state index in [2.05, 4.69) is 98.2 Å². The zero-order valence-electron chi connectivity index (χ0n) is 40.8. The molecule has 8 heterocycles. The number of aromatic nitrogens is 4. The molecule has 6 N–H and O–H groups in total. The van der Waals surface area contributed by atoms with Crippen LogP contribution in [0.3, 0.4) is 0 Å². The van der Waals surface area contributed by atoms with Gasteiger partial charge in [-0.15, -0.1) is 11.3 Å². The number of thiazole rings is 1. The monoisotopic (exact) mass is 950 g/mol. The molecule has 8 aliphatic rings. The molecule has 4 saturated heterocycles. The van der Waals surface area contributed by atoms with Crippen LogP contribution < -0.4 is 32.1 Å². The van der Waals surface area contributed by atoms with E-state index in [0.717, 1.165) is 63.2 Å². The fourth-order valence-corrected chi connectivity index (χ4v) is 7.60. The Hall–Kier alpha value is -4.93. The van der Waals surface area contributed by atoms with Crippen LogP contribution in [0.1, 0.15) is 103 Å². The third-order valence-corrected chi connectivity index (χ3v) is 11.5. The highest BCUT2D eigenvalue weighted by Gasteiger charge is 2.34. The second-order valence-corrected chi connectivity index (χ2v) is 17.3. The number of nitrogens with zero attached hydrogens (tertiary/aromatic N) is 5. The van der Waals surface area contributed by atoms with Crippen LogP contribution in [0, 0.1) is 5.41 Å². The van der Waals surface area contributed by atoms with Crippen molar-refractivity contribution in [1.29, 1.82) is 0 Å². The van der Waals surface area contributed by atoms with Crippen molar-refractivity contribution in [2.45, 2.75) is 103 Å². The molecule has 1 saturated carbocycles. The number of piperazine rings is 1. The minimum absolute atomic E-state index is 0.651. The first-order chi connectivity index (χ1) is 33.9. The van der Waals surface area contributed by atoms with Gasteiger partial charge in [-0.05, 0) is 88.4 Å². The molecular weight excluding hydrogens is 867 g/mol. The summed E-state index contributed by atoms with van der Waals surface area (Å²) in [6.45, 7) is 11.8. The second kappa shape index (κ2) is 44.6. The smallest absolute Gasteiger partial charge is 0.213 e. The average molecular weight is 950 g/mol. The molecular formula is C54H83N11O2S. The van der Waals surface area contributed by atoms with Gasteiger partial charge in [0.05, 0.1) is 5.51 Å². The maximum atomic E-state index is 5.01. The van der Waals surface area contributed by atoms with Gasteiger partial charge in [0.1, 0.15) is 5.52 Å². The van der Waals surface area contributed by atoms with Crippen LogP contribution in [0.25, 0.3) is 11.1 Å². The quantitative estimate of drug-likeness (QED) is 0.0816. The van der Waals surface area contributed by atoms with Gasteiger partial charge >= 0.3 is 0 Å². The van der Waals surface area contributed by atoms with Gasteiger partial charge in [0.25, 0.3) is 0 Å². The number of piperidine rings is 1. The lowest BCUT2D eigenvalue weighted by Crippen LogP contribution is -2.41. The summed E-state index contributed by atoms with van der Waals surface area (Å²) in [6.07, 6.45) is 46.5. The van der Waals surface area contributed by atoms with E-state index >= 15 is 0 Å². The number of nitrogens with one attached hydrogen (secondary N) is 6. The van der Waals surface area contributed by atoms with Crippen molar-refractivity contribution in [3.8, 4) is 0 Å². The lowest BCUT2D eigenvalue weighted by atomic mass is 9.80. The summed E-state index contributed by atoms with van der Waals surface area (Å²) in [5, 5.41) is 18.5. The number of hydrazine groups is 1. The van der Waals surface area contributed by atoms with Crippen LogP contribution in [0.2, 0.25) is 0 Å². The Labute approximate surface area is 412 Å².